The smallest absolute Gasteiger partial charge is 0.223 e. The van der Waals surface area contributed by atoms with E-state index in [1.165, 1.54) is 11.6 Å². The van der Waals surface area contributed by atoms with Gasteiger partial charge in [0.1, 0.15) is 5.75 Å². The molecule has 0 aromatic heterocycles. The highest BCUT2D eigenvalue weighted by atomic mass is 35.5. The number of phenolic OH excluding ortho intramolecular Hbond substituents is 1. The molecule has 1 aliphatic carbocycles. The Labute approximate surface area is 142 Å². The summed E-state index contributed by atoms with van der Waals surface area (Å²) in [6.45, 7) is 4.50. The Bertz CT molecular complexity index is 593. The second-order valence-electron chi connectivity index (χ2n) is 5.55. The lowest BCUT2D eigenvalue weighted by atomic mass is 9.86. The van der Waals surface area contributed by atoms with Gasteiger partial charge in [-0.25, -0.2) is 0 Å². The molecule has 1 saturated carbocycles. The number of benzene rings is 1. The van der Waals surface area contributed by atoms with E-state index in [-0.39, 0.29) is 38.5 Å². The van der Waals surface area contributed by atoms with Gasteiger partial charge < -0.3 is 10.0 Å². The van der Waals surface area contributed by atoms with Crippen LogP contribution in [0.4, 0.5) is 0 Å². The first-order valence-electron chi connectivity index (χ1n) is 6.60. The summed E-state index contributed by atoms with van der Waals surface area (Å²) in [6.07, 6.45) is 2.14. The van der Waals surface area contributed by atoms with Crippen LogP contribution in [0, 0.1) is 0 Å². The van der Waals surface area contributed by atoms with Crippen LogP contribution < -0.4 is 0 Å². The number of likely N-dealkylation sites (tertiary alicyclic amines) is 1. The molecule has 0 radical (unpaired) electrons. The summed E-state index contributed by atoms with van der Waals surface area (Å²) >= 11 is 12.2. The zero-order valence-electron chi connectivity index (χ0n) is 10.9. The second kappa shape index (κ2) is 6.93. The van der Waals surface area contributed by atoms with E-state index >= 15 is 0 Å². The first-order chi connectivity index (χ1) is 9.47. The Morgan fingerprint density at radius 1 is 1.18 bits per heavy atom. The van der Waals surface area contributed by atoms with Gasteiger partial charge in [-0.1, -0.05) is 50.2 Å². The maximum atomic E-state index is 12.1. The molecule has 2 aliphatic rings. The van der Waals surface area contributed by atoms with Crippen LogP contribution in [0.3, 0.4) is 0 Å². The molecule has 1 atom stereocenters. The standard InChI is InChI=1S/C15H15Cl2NO2.2CH4/c1-8-4-10(5-8)18-7-9(6-13(18)20)14-12(19)3-2-11(16)15(14)17;;/h2-3,9-10,19H,1,4-7H2;2*1H4. The third-order valence-electron chi connectivity index (χ3n) is 4.17. The van der Waals surface area contributed by atoms with E-state index in [4.69, 9.17) is 23.2 Å². The van der Waals surface area contributed by atoms with E-state index in [9.17, 15) is 9.90 Å². The molecule has 1 N–H and O–H groups in total. The average Bonchev–Trinajstić information content (AvgIpc) is 2.72. The van der Waals surface area contributed by atoms with E-state index in [1.807, 2.05) is 4.90 Å². The fourth-order valence-electron chi connectivity index (χ4n) is 3.05. The van der Waals surface area contributed by atoms with Gasteiger partial charge in [0.15, 0.2) is 0 Å². The molecule has 5 heteroatoms. The number of hydrogen-bond donors (Lipinski definition) is 1. The van der Waals surface area contributed by atoms with Crippen molar-refractivity contribution in [1.29, 1.82) is 0 Å². The van der Waals surface area contributed by atoms with Gasteiger partial charge >= 0.3 is 0 Å². The summed E-state index contributed by atoms with van der Waals surface area (Å²) in [5, 5.41) is 10.8. The molecule has 0 spiro atoms. The molecule has 122 valence electrons. The Kier molecular flexibility index (Phi) is 5.94. The van der Waals surface area contributed by atoms with Gasteiger partial charge in [-0.3, -0.25) is 4.79 Å². The fourth-order valence-corrected chi connectivity index (χ4v) is 3.53. The summed E-state index contributed by atoms with van der Waals surface area (Å²) in [7, 11) is 0. The van der Waals surface area contributed by atoms with Gasteiger partial charge in [0.2, 0.25) is 5.91 Å². The van der Waals surface area contributed by atoms with Crippen LogP contribution in [-0.2, 0) is 4.79 Å². The van der Waals surface area contributed by atoms with Gasteiger partial charge in [0, 0.05) is 30.5 Å². The molecular weight excluding hydrogens is 321 g/mol. The van der Waals surface area contributed by atoms with Crippen LogP contribution in [0.25, 0.3) is 0 Å². The van der Waals surface area contributed by atoms with Crippen molar-refractivity contribution in [1.82, 2.24) is 4.90 Å². The number of hydrogen-bond acceptors (Lipinski definition) is 2. The minimum absolute atomic E-state index is 0. The Morgan fingerprint density at radius 3 is 2.41 bits per heavy atom. The molecule has 1 heterocycles. The zero-order chi connectivity index (χ0) is 14.4. The molecule has 1 aromatic rings. The van der Waals surface area contributed by atoms with Crippen molar-refractivity contribution >= 4 is 29.1 Å². The van der Waals surface area contributed by atoms with Crippen LogP contribution in [0.1, 0.15) is 45.6 Å². The summed E-state index contributed by atoms with van der Waals surface area (Å²) in [4.78, 5) is 14.0. The quantitative estimate of drug-likeness (QED) is 0.767. The SMILES string of the molecule is C.C.C=C1CC(N2CC(c3c(O)ccc(Cl)c3Cl)CC2=O)C1. The lowest BCUT2D eigenvalue weighted by Crippen LogP contribution is -2.41. The summed E-state index contributed by atoms with van der Waals surface area (Å²) in [5.74, 6) is 0.127. The maximum Gasteiger partial charge on any atom is 0.223 e. The van der Waals surface area contributed by atoms with Crippen molar-refractivity contribution in [2.24, 2.45) is 0 Å². The predicted molar refractivity (Wildman–Crippen MR) is 92.8 cm³/mol. The second-order valence-corrected chi connectivity index (χ2v) is 6.34. The van der Waals surface area contributed by atoms with Gasteiger partial charge in [-0.05, 0) is 25.0 Å². The molecule has 1 saturated heterocycles. The van der Waals surface area contributed by atoms with Gasteiger partial charge in [-0.15, -0.1) is 0 Å². The highest BCUT2D eigenvalue weighted by molar-refractivity contribution is 6.42. The van der Waals surface area contributed by atoms with Crippen LogP contribution in [0.5, 0.6) is 5.75 Å². The first kappa shape index (κ1) is 18.9. The van der Waals surface area contributed by atoms with Crippen molar-refractivity contribution in [3.05, 3.63) is 39.9 Å². The highest BCUT2D eigenvalue weighted by Gasteiger charge is 2.40. The number of nitrogens with zero attached hydrogens (tertiary/aromatic N) is 1. The monoisotopic (exact) mass is 343 g/mol. The molecule has 3 nitrogen and oxygen atoms in total. The molecule has 2 fully saturated rings. The van der Waals surface area contributed by atoms with Crippen LogP contribution in [-0.4, -0.2) is 28.5 Å². The molecular formula is C17H23Cl2NO2. The van der Waals surface area contributed by atoms with Crippen LogP contribution in [0.15, 0.2) is 24.3 Å². The Morgan fingerprint density at radius 2 is 1.82 bits per heavy atom. The Balaban J connectivity index is 0.00000121. The minimum atomic E-state index is -0.0948. The predicted octanol–water partition coefficient (Wildman–Crippen LogP) is 5.01. The zero-order valence-corrected chi connectivity index (χ0v) is 12.4. The van der Waals surface area contributed by atoms with E-state index in [1.54, 1.807) is 6.07 Å². The molecule has 22 heavy (non-hydrogen) atoms. The van der Waals surface area contributed by atoms with Gasteiger partial charge in [0.05, 0.1) is 10.0 Å². The molecule has 1 unspecified atom stereocenters. The number of rotatable bonds is 2. The van der Waals surface area contributed by atoms with Crippen LogP contribution in [0.2, 0.25) is 10.0 Å². The van der Waals surface area contributed by atoms with Crippen LogP contribution >= 0.6 is 23.2 Å². The number of phenols is 1. The number of carbonyl (C=O) groups excluding carboxylic acids is 1. The number of amides is 1. The normalized spacial score (nSPS) is 21.2. The fraction of sp³-hybridized carbons (Fsp3) is 0.471. The molecule has 1 aliphatic heterocycles. The third-order valence-corrected chi connectivity index (χ3v) is 4.98. The number of carbonyl (C=O) groups is 1. The van der Waals surface area contributed by atoms with Gasteiger partial charge in [0.25, 0.3) is 0 Å². The topological polar surface area (TPSA) is 40.5 Å². The summed E-state index contributed by atoms with van der Waals surface area (Å²) in [5.41, 5.74) is 1.78. The van der Waals surface area contributed by atoms with E-state index in [0.29, 0.717) is 28.6 Å². The number of halogens is 2. The average molecular weight is 344 g/mol. The molecule has 0 bridgehead atoms. The highest BCUT2D eigenvalue weighted by Crippen LogP contribution is 2.43. The van der Waals surface area contributed by atoms with Crippen molar-refractivity contribution in [3.8, 4) is 5.75 Å². The number of aromatic hydroxyl groups is 1. The Hall–Kier alpha value is -1.19. The van der Waals surface area contributed by atoms with E-state index < -0.39 is 0 Å². The third kappa shape index (κ3) is 3.11. The van der Waals surface area contributed by atoms with Crippen molar-refractivity contribution in [2.75, 3.05) is 6.54 Å². The molecule has 3 rings (SSSR count). The summed E-state index contributed by atoms with van der Waals surface area (Å²) in [6, 6.07) is 3.36. The largest absolute Gasteiger partial charge is 0.508 e. The van der Waals surface area contributed by atoms with Crippen molar-refractivity contribution in [3.63, 3.8) is 0 Å². The van der Waals surface area contributed by atoms with E-state index in [2.05, 4.69) is 6.58 Å². The lowest BCUT2D eigenvalue weighted by molar-refractivity contribution is -0.130. The minimum Gasteiger partial charge on any atom is -0.508 e. The van der Waals surface area contributed by atoms with E-state index in [0.717, 1.165) is 12.8 Å². The van der Waals surface area contributed by atoms with Gasteiger partial charge in [-0.2, -0.15) is 0 Å². The van der Waals surface area contributed by atoms with Crippen molar-refractivity contribution < 1.29 is 9.90 Å². The lowest BCUT2D eigenvalue weighted by Gasteiger charge is -2.36. The first-order valence-corrected chi connectivity index (χ1v) is 7.36. The van der Waals surface area contributed by atoms with Crippen molar-refractivity contribution in [2.45, 2.75) is 46.1 Å². The maximum absolute atomic E-state index is 12.1. The summed E-state index contributed by atoms with van der Waals surface area (Å²) < 4.78 is 0. The molecule has 1 aromatic carbocycles. The molecule has 1 amide bonds.